The second-order valence-corrected chi connectivity index (χ2v) is 5.93. The van der Waals surface area contributed by atoms with Gasteiger partial charge in [-0.3, -0.25) is 9.78 Å². The molecular formula is C15H21N3OS. The number of hydrogen-bond acceptors (Lipinski definition) is 3. The molecule has 1 aromatic rings. The number of aromatic nitrogens is 1. The molecule has 3 N–H and O–H groups in total. The lowest BCUT2D eigenvalue weighted by atomic mass is 9.73. The number of nitrogens with zero attached hydrogens (tertiary/aromatic N) is 1. The number of amides is 1. The quantitative estimate of drug-likeness (QED) is 0.836. The van der Waals surface area contributed by atoms with Crippen LogP contribution < -0.4 is 11.1 Å². The van der Waals surface area contributed by atoms with Gasteiger partial charge in [-0.05, 0) is 31.4 Å². The van der Waals surface area contributed by atoms with E-state index in [9.17, 15) is 4.79 Å². The molecule has 1 atom stereocenters. The van der Waals surface area contributed by atoms with Gasteiger partial charge in [0, 0.05) is 12.4 Å². The number of nitrogens with two attached hydrogens (primary N) is 1. The number of rotatable bonds is 4. The maximum atomic E-state index is 12.6. The zero-order valence-corrected chi connectivity index (χ0v) is 12.6. The average molecular weight is 291 g/mol. The predicted octanol–water partition coefficient (Wildman–Crippen LogP) is 2.50. The van der Waals surface area contributed by atoms with Crippen molar-refractivity contribution in [1.29, 1.82) is 0 Å². The highest BCUT2D eigenvalue weighted by Gasteiger charge is 2.42. The molecule has 5 heteroatoms. The van der Waals surface area contributed by atoms with Crippen molar-refractivity contribution >= 4 is 23.1 Å². The normalized spacial score (nSPS) is 19.1. The van der Waals surface area contributed by atoms with Gasteiger partial charge in [0.25, 0.3) is 0 Å². The average Bonchev–Trinajstić information content (AvgIpc) is 2.48. The minimum atomic E-state index is -0.663. The molecule has 0 bridgehead atoms. The summed E-state index contributed by atoms with van der Waals surface area (Å²) in [4.78, 5) is 17.0. The Morgan fingerprint density at radius 1 is 1.45 bits per heavy atom. The third kappa shape index (κ3) is 2.98. The standard InChI is InChI=1S/C15H21N3OS/c1-11(12-6-5-9-17-10-12)18-14(19)15(13(16)20)7-3-2-4-8-15/h5-6,9-11H,2-4,7-8H2,1H3,(H2,16,20)(H,18,19). The van der Waals surface area contributed by atoms with E-state index in [1.54, 1.807) is 12.4 Å². The van der Waals surface area contributed by atoms with E-state index in [0.29, 0.717) is 4.99 Å². The Kier molecular flexibility index (Phi) is 4.70. The maximum Gasteiger partial charge on any atom is 0.233 e. The minimum absolute atomic E-state index is 0.0407. The zero-order valence-electron chi connectivity index (χ0n) is 11.8. The van der Waals surface area contributed by atoms with Gasteiger partial charge in [0.1, 0.15) is 0 Å². The van der Waals surface area contributed by atoms with Crippen LogP contribution in [0.15, 0.2) is 24.5 Å². The van der Waals surface area contributed by atoms with E-state index in [1.165, 1.54) is 0 Å². The summed E-state index contributed by atoms with van der Waals surface area (Å²) < 4.78 is 0. The summed E-state index contributed by atoms with van der Waals surface area (Å²) in [5.41, 5.74) is 6.19. The fraction of sp³-hybridized carbons (Fsp3) is 0.533. The van der Waals surface area contributed by atoms with E-state index >= 15 is 0 Å². The Hall–Kier alpha value is -1.49. The molecular weight excluding hydrogens is 270 g/mol. The lowest BCUT2D eigenvalue weighted by molar-refractivity contribution is -0.129. The van der Waals surface area contributed by atoms with E-state index in [0.717, 1.165) is 37.7 Å². The van der Waals surface area contributed by atoms with Gasteiger partial charge in [-0.2, -0.15) is 0 Å². The van der Waals surface area contributed by atoms with E-state index in [2.05, 4.69) is 10.3 Å². The topological polar surface area (TPSA) is 68.0 Å². The molecule has 1 unspecified atom stereocenters. The van der Waals surface area contributed by atoms with Gasteiger partial charge in [-0.15, -0.1) is 0 Å². The Morgan fingerprint density at radius 2 is 2.15 bits per heavy atom. The van der Waals surface area contributed by atoms with E-state index in [-0.39, 0.29) is 11.9 Å². The number of carbonyl (C=O) groups excluding carboxylic acids is 1. The molecule has 1 heterocycles. The largest absolute Gasteiger partial charge is 0.392 e. The van der Waals surface area contributed by atoms with Crippen LogP contribution in [0.1, 0.15) is 50.6 Å². The van der Waals surface area contributed by atoms with Crippen LogP contribution in [0.2, 0.25) is 0 Å². The van der Waals surface area contributed by atoms with Crippen molar-refractivity contribution in [3.05, 3.63) is 30.1 Å². The summed E-state index contributed by atoms with van der Waals surface area (Å²) in [7, 11) is 0. The van der Waals surface area contributed by atoms with Crippen LogP contribution in [0.5, 0.6) is 0 Å². The van der Waals surface area contributed by atoms with Crippen molar-refractivity contribution in [3.8, 4) is 0 Å². The van der Waals surface area contributed by atoms with Crippen LogP contribution in [-0.2, 0) is 4.79 Å². The van der Waals surface area contributed by atoms with Crippen LogP contribution in [-0.4, -0.2) is 15.9 Å². The molecule has 2 rings (SSSR count). The Morgan fingerprint density at radius 3 is 2.70 bits per heavy atom. The molecule has 1 fully saturated rings. The van der Waals surface area contributed by atoms with Crippen LogP contribution in [0.25, 0.3) is 0 Å². The Labute approximate surface area is 125 Å². The van der Waals surface area contributed by atoms with Crippen LogP contribution in [0.3, 0.4) is 0 Å². The summed E-state index contributed by atoms with van der Waals surface area (Å²) in [5, 5.41) is 3.04. The second kappa shape index (κ2) is 6.31. The van der Waals surface area contributed by atoms with Crippen LogP contribution in [0, 0.1) is 5.41 Å². The molecule has 0 aromatic carbocycles. The van der Waals surface area contributed by atoms with Crippen LogP contribution in [0.4, 0.5) is 0 Å². The molecule has 1 amide bonds. The molecule has 0 saturated heterocycles. The predicted molar refractivity (Wildman–Crippen MR) is 83.1 cm³/mol. The summed E-state index contributed by atoms with van der Waals surface area (Å²) in [5.74, 6) is -0.0407. The molecule has 108 valence electrons. The third-order valence-corrected chi connectivity index (χ3v) is 4.54. The van der Waals surface area contributed by atoms with Gasteiger partial charge in [0.05, 0.1) is 16.4 Å². The first kappa shape index (κ1) is 14.9. The first-order chi connectivity index (χ1) is 9.56. The monoisotopic (exact) mass is 291 g/mol. The summed E-state index contributed by atoms with van der Waals surface area (Å²) in [6, 6.07) is 3.72. The summed E-state index contributed by atoms with van der Waals surface area (Å²) >= 11 is 5.18. The van der Waals surface area contributed by atoms with Gasteiger partial charge in [0.2, 0.25) is 5.91 Å². The van der Waals surface area contributed by atoms with Gasteiger partial charge in [-0.25, -0.2) is 0 Å². The summed E-state index contributed by atoms with van der Waals surface area (Å²) in [6.45, 7) is 1.95. The number of nitrogens with one attached hydrogen (secondary N) is 1. The molecule has 0 radical (unpaired) electrons. The minimum Gasteiger partial charge on any atom is -0.392 e. The highest BCUT2D eigenvalue weighted by Crippen LogP contribution is 2.37. The Bertz CT molecular complexity index is 483. The highest BCUT2D eigenvalue weighted by atomic mass is 32.1. The highest BCUT2D eigenvalue weighted by molar-refractivity contribution is 7.80. The molecule has 20 heavy (non-hydrogen) atoms. The number of thiocarbonyl (C=S) groups is 1. The van der Waals surface area contributed by atoms with Gasteiger partial charge in [0.15, 0.2) is 0 Å². The molecule has 4 nitrogen and oxygen atoms in total. The van der Waals surface area contributed by atoms with Crippen molar-refractivity contribution in [2.24, 2.45) is 11.1 Å². The number of carbonyl (C=O) groups is 1. The SMILES string of the molecule is CC(NC(=O)C1(C(N)=S)CCCCC1)c1cccnc1. The van der Waals surface area contributed by atoms with Crippen molar-refractivity contribution in [1.82, 2.24) is 10.3 Å². The Balaban J connectivity index is 2.11. The first-order valence-corrected chi connectivity index (χ1v) is 7.48. The molecule has 1 aliphatic rings. The summed E-state index contributed by atoms with van der Waals surface area (Å²) in [6.07, 6.45) is 8.16. The van der Waals surface area contributed by atoms with Crippen molar-refractivity contribution < 1.29 is 4.79 Å². The lowest BCUT2D eigenvalue weighted by Crippen LogP contribution is -2.50. The van der Waals surface area contributed by atoms with Gasteiger partial charge in [-0.1, -0.05) is 37.5 Å². The molecule has 1 saturated carbocycles. The fourth-order valence-corrected chi connectivity index (χ4v) is 3.09. The number of hydrogen-bond donors (Lipinski definition) is 2. The van der Waals surface area contributed by atoms with E-state index in [1.807, 2.05) is 19.1 Å². The third-order valence-electron chi connectivity index (χ3n) is 4.15. The van der Waals surface area contributed by atoms with Crippen molar-refractivity contribution in [2.75, 3.05) is 0 Å². The zero-order chi connectivity index (χ0) is 14.6. The van der Waals surface area contributed by atoms with Gasteiger partial charge < -0.3 is 11.1 Å². The lowest BCUT2D eigenvalue weighted by Gasteiger charge is -2.35. The van der Waals surface area contributed by atoms with Crippen LogP contribution >= 0.6 is 12.2 Å². The fourth-order valence-electron chi connectivity index (χ4n) is 2.79. The van der Waals surface area contributed by atoms with Crippen molar-refractivity contribution in [2.45, 2.75) is 45.1 Å². The molecule has 0 spiro atoms. The van der Waals surface area contributed by atoms with E-state index in [4.69, 9.17) is 18.0 Å². The number of pyridine rings is 1. The molecule has 1 aliphatic carbocycles. The van der Waals surface area contributed by atoms with Gasteiger partial charge >= 0.3 is 0 Å². The van der Waals surface area contributed by atoms with Crippen molar-refractivity contribution in [3.63, 3.8) is 0 Å². The molecule has 0 aliphatic heterocycles. The van der Waals surface area contributed by atoms with E-state index < -0.39 is 5.41 Å². The second-order valence-electron chi connectivity index (χ2n) is 5.49. The first-order valence-electron chi connectivity index (χ1n) is 7.07. The smallest absolute Gasteiger partial charge is 0.233 e. The maximum absolute atomic E-state index is 12.6. The molecule has 1 aromatic heterocycles.